The lowest BCUT2D eigenvalue weighted by Crippen LogP contribution is -2.16. The Kier molecular flexibility index (Phi) is 12.1. The van der Waals surface area contributed by atoms with Crippen LogP contribution < -0.4 is 11.6 Å². The summed E-state index contributed by atoms with van der Waals surface area (Å²) in [5.74, 6) is 2.76. The zero-order chi connectivity index (χ0) is 29.1. The Morgan fingerprint density at radius 3 is 2.02 bits per heavy atom. The van der Waals surface area contributed by atoms with Crippen molar-refractivity contribution in [1.82, 2.24) is 25.1 Å². The molecule has 3 heterocycles. The van der Waals surface area contributed by atoms with Crippen LogP contribution in [0.3, 0.4) is 0 Å². The number of nitrogens with zero attached hydrogens (tertiary/aromatic N) is 5. The minimum atomic E-state index is -0.940. The summed E-state index contributed by atoms with van der Waals surface area (Å²) in [5.41, 5.74) is 6.39. The van der Waals surface area contributed by atoms with Crippen LogP contribution in [0.4, 0.5) is 17.6 Å². The molecule has 0 aliphatic rings. The first-order chi connectivity index (χ1) is 19.2. The van der Waals surface area contributed by atoms with E-state index < -0.39 is 28.5 Å². The van der Waals surface area contributed by atoms with Crippen molar-refractivity contribution in [3.8, 4) is 22.9 Å². The van der Waals surface area contributed by atoms with Gasteiger partial charge in [0.1, 0.15) is 34.7 Å². The van der Waals surface area contributed by atoms with Crippen LogP contribution >= 0.6 is 11.6 Å². The fraction of sp³-hybridized carbons (Fsp3) is 0.0370. The zero-order valence-electron chi connectivity index (χ0n) is 20.3. The second kappa shape index (κ2) is 15.4. The van der Waals surface area contributed by atoms with Crippen molar-refractivity contribution in [2.24, 2.45) is 16.7 Å². The molecular weight excluding hydrogens is 564 g/mol. The number of carbonyl (C=O) groups is 1. The van der Waals surface area contributed by atoms with Gasteiger partial charge in [0, 0.05) is 24.5 Å². The van der Waals surface area contributed by atoms with Crippen molar-refractivity contribution in [2.75, 3.05) is 0 Å². The maximum absolute atomic E-state index is 13.6. The normalized spacial score (nSPS) is 10.3. The molecule has 0 aliphatic carbocycles. The Morgan fingerprint density at radius 1 is 0.854 bits per heavy atom. The van der Waals surface area contributed by atoms with E-state index in [4.69, 9.17) is 23.2 Å². The Labute approximate surface area is 237 Å². The average molecular weight is 587 g/mol. The number of hydrogen-bond acceptors (Lipinski definition) is 7. The van der Waals surface area contributed by atoms with Crippen molar-refractivity contribution in [2.45, 2.75) is 7.43 Å². The molecule has 3 aromatic heterocycles. The fourth-order valence-electron chi connectivity index (χ4n) is 2.90. The second-order valence-electron chi connectivity index (χ2n) is 7.47. The molecule has 0 radical (unpaired) electrons. The molecule has 2 aromatic carbocycles. The van der Waals surface area contributed by atoms with E-state index in [9.17, 15) is 22.4 Å². The summed E-state index contributed by atoms with van der Waals surface area (Å²) in [5, 5.41) is 8.96. The first-order valence-corrected chi connectivity index (χ1v) is 11.5. The van der Waals surface area contributed by atoms with E-state index >= 15 is 0 Å². The van der Waals surface area contributed by atoms with Crippen LogP contribution in [0.2, 0.25) is 0 Å². The summed E-state index contributed by atoms with van der Waals surface area (Å²) in [6.07, 6.45) is 3.25. The van der Waals surface area contributed by atoms with Crippen molar-refractivity contribution in [1.29, 1.82) is 0 Å². The number of hydrazone groups is 1. The van der Waals surface area contributed by atoms with Gasteiger partial charge in [0.05, 0.1) is 11.1 Å². The molecule has 5 rings (SSSR count). The van der Waals surface area contributed by atoms with Crippen LogP contribution in [0.25, 0.3) is 22.9 Å². The maximum Gasteiger partial charge on any atom is 0.255 e. The molecule has 9 nitrogen and oxygen atoms in total. The Hall–Kier alpha value is -5.17. The number of amidine groups is 1. The predicted molar refractivity (Wildman–Crippen MR) is 147 cm³/mol. The Bertz CT molecular complexity index is 1600. The standard InChI is InChI=1S/C13H8F2N4.C7H3ClF2O.C6H8N4.CH4/c14-8-4-5-9(10(15)7-8)12-17-13(19-18-12)11-3-1-2-6-16-11;8-7(11)5-2-1-4(9)3-6(5)10;7-6(10-8)5-3-1-2-4-9-5;/h1-7H,(H,17,18,19);1-3H;1-4H,8H2,(H2,7,10);1H4. The monoisotopic (exact) mass is 586 g/mol. The number of H-pyrrole nitrogens is 1. The molecule has 5 aromatic rings. The molecule has 14 heteroatoms. The lowest BCUT2D eigenvalue weighted by Gasteiger charge is -1.97. The number of nitrogens with two attached hydrogens (primary N) is 2. The highest BCUT2D eigenvalue weighted by Gasteiger charge is 2.13. The van der Waals surface area contributed by atoms with Crippen LogP contribution in [-0.4, -0.2) is 36.2 Å². The molecule has 0 spiro atoms. The number of benzene rings is 2. The number of hydrogen-bond donors (Lipinski definition) is 3. The minimum Gasteiger partial charge on any atom is -0.380 e. The molecule has 0 bridgehead atoms. The van der Waals surface area contributed by atoms with Gasteiger partial charge in [-0.25, -0.2) is 22.5 Å². The highest BCUT2D eigenvalue weighted by molar-refractivity contribution is 6.67. The van der Waals surface area contributed by atoms with Gasteiger partial charge in [0.25, 0.3) is 5.24 Å². The van der Waals surface area contributed by atoms with E-state index in [0.717, 1.165) is 24.3 Å². The summed E-state index contributed by atoms with van der Waals surface area (Å²) in [4.78, 5) is 22.5. The van der Waals surface area contributed by atoms with Gasteiger partial charge >= 0.3 is 0 Å². The topological polar surface area (TPSA) is 149 Å². The number of carbonyl (C=O) groups excluding carboxylic acids is 1. The molecule has 41 heavy (non-hydrogen) atoms. The number of aromatic nitrogens is 5. The summed E-state index contributed by atoms with van der Waals surface area (Å²) in [7, 11) is 0. The number of aromatic amines is 1. The number of nitrogens with one attached hydrogen (secondary N) is 1. The van der Waals surface area contributed by atoms with Crippen LogP contribution in [0.15, 0.2) is 90.3 Å². The van der Waals surface area contributed by atoms with E-state index in [1.165, 1.54) is 6.07 Å². The lowest BCUT2D eigenvalue weighted by atomic mass is 10.2. The molecule has 0 amide bonds. The number of rotatable bonds is 4. The summed E-state index contributed by atoms with van der Waals surface area (Å²) >= 11 is 4.96. The van der Waals surface area contributed by atoms with Crippen molar-refractivity contribution >= 4 is 22.7 Å². The van der Waals surface area contributed by atoms with Crippen LogP contribution in [0.5, 0.6) is 0 Å². The Morgan fingerprint density at radius 2 is 1.49 bits per heavy atom. The van der Waals surface area contributed by atoms with E-state index in [1.54, 1.807) is 36.7 Å². The number of halogens is 5. The molecule has 0 atom stereocenters. The maximum atomic E-state index is 13.6. The van der Waals surface area contributed by atoms with E-state index in [0.29, 0.717) is 23.3 Å². The van der Waals surface area contributed by atoms with Gasteiger partial charge in [0.15, 0.2) is 17.5 Å². The Balaban J connectivity index is 0.000000230. The first-order valence-electron chi connectivity index (χ1n) is 11.1. The van der Waals surface area contributed by atoms with Crippen molar-refractivity contribution < 1.29 is 22.4 Å². The molecule has 212 valence electrons. The molecule has 0 saturated carbocycles. The second-order valence-corrected chi connectivity index (χ2v) is 7.82. The summed E-state index contributed by atoms with van der Waals surface area (Å²) in [6, 6.07) is 16.5. The third-order valence-electron chi connectivity index (χ3n) is 4.77. The molecule has 5 N–H and O–H groups in total. The minimum absolute atomic E-state index is 0. The van der Waals surface area contributed by atoms with Crippen LogP contribution in [0.1, 0.15) is 23.5 Å². The zero-order valence-corrected chi connectivity index (χ0v) is 21.0. The van der Waals surface area contributed by atoms with E-state index in [1.807, 2.05) is 12.1 Å². The third kappa shape index (κ3) is 9.21. The lowest BCUT2D eigenvalue weighted by molar-refractivity contribution is 0.107. The molecule has 0 aliphatic heterocycles. The number of pyridine rings is 2. The smallest absolute Gasteiger partial charge is 0.255 e. The van der Waals surface area contributed by atoms with Gasteiger partial charge in [-0.05, 0) is 60.1 Å². The highest BCUT2D eigenvalue weighted by atomic mass is 35.5. The van der Waals surface area contributed by atoms with Crippen molar-refractivity contribution in [3.05, 3.63) is 120 Å². The third-order valence-corrected chi connectivity index (χ3v) is 4.98. The van der Waals surface area contributed by atoms with Crippen LogP contribution in [-0.2, 0) is 0 Å². The molecule has 0 fully saturated rings. The van der Waals surface area contributed by atoms with Gasteiger partial charge in [-0.3, -0.25) is 19.9 Å². The first kappa shape index (κ1) is 32.0. The SMILES string of the molecule is C.Fc1ccc(-c2n[nH]c(-c3ccccn3)n2)c(F)c1.NN=C(N)c1ccccn1.O=C(Cl)c1ccc(F)cc1F. The average Bonchev–Trinajstić information content (AvgIpc) is 3.44. The quantitative estimate of drug-likeness (QED) is 0.0633. The van der Waals surface area contributed by atoms with Gasteiger partial charge < -0.3 is 11.6 Å². The molecule has 0 unspecified atom stereocenters. The molecular formula is C27H23ClF4N8O. The fourth-order valence-corrected chi connectivity index (χ4v) is 3.05. The predicted octanol–water partition coefficient (Wildman–Crippen LogP) is 5.45. The largest absolute Gasteiger partial charge is 0.380 e. The van der Waals surface area contributed by atoms with Crippen LogP contribution in [0, 0.1) is 23.3 Å². The van der Waals surface area contributed by atoms with Gasteiger partial charge in [-0.2, -0.15) is 10.2 Å². The van der Waals surface area contributed by atoms with E-state index in [2.05, 4.69) is 30.3 Å². The van der Waals surface area contributed by atoms with Gasteiger partial charge in [0.2, 0.25) is 0 Å². The van der Waals surface area contributed by atoms with E-state index in [-0.39, 0.29) is 30.2 Å². The van der Waals surface area contributed by atoms with Gasteiger partial charge in [-0.1, -0.05) is 19.6 Å². The highest BCUT2D eigenvalue weighted by Crippen LogP contribution is 2.22. The summed E-state index contributed by atoms with van der Waals surface area (Å²) in [6.45, 7) is 0. The molecule has 0 saturated heterocycles. The van der Waals surface area contributed by atoms with Crippen molar-refractivity contribution in [3.63, 3.8) is 0 Å². The summed E-state index contributed by atoms with van der Waals surface area (Å²) < 4.78 is 51.2. The van der Waals surface area contributed by atoms with Gasteiger partial charge in [-0.15, -0.1) is 0 Å².